The highest BCUT2D eigenvalue weighted by molar-refractivity contribution is 5.87. The highest BCUT2D eigenvalue weighted by Gasteiger charge is 2.15. The van der Waals surface area contributed by atoms with Crippen molar-refractivity contribution < 1.29 is 9.90 Å². The molecule has 0 amide bonds. The van der Waals surface area contributed by atoms with E-state index in [0.29, 0.717) is 12.2 Å². The molecule has 2 aromatic heterocycles. The van der Waals surface area contributed by atoms with Crippen LogP contribution in [0.3, 0.4) is 0 Å². The van der Waals surface area contributed by atoms with Crippen molar-refractivity contribution >= 4 is 5.97 Å². The second-order valence-electron chi connectivity index (χ2n) is 3.96. The lowest BCUT2D eigenvalue weighted by molar-refractivity contribution is 0.0685. The van der Waals surface area contributed by atoms with Gasteiger partial charge in [0, 0.05) is 25.4 Å². The summed E-state index contributed by atoms with van der Waals surface area (Å²) in [5, 5.41) is 13.2. The summed E-state index contributed by atoms with van der Waals surface area (Å²) >= 11 is 0. The molecule has 2 aromatic rings. The second-order valence-corrected chi connectivity index (χ2v) is 3.96. The number of hydrogen-bond acceptors (Lipinski definition) is 2. The first-order valence-corrected chi connectivity index (χ1v) is 5.55. The van der Waals surface area contributed by atoms with E-state index in [1.54, 1.807) is 16.9 Å². The molecule has 0 aliphatic rings. The van der Waals surface area contributed by atoms with E-state index in [1.165, 1.54) is 0 Å². The summed E-state index contributed by atoms with van der Waals surface area (Å²) in [5.41, 5.74) is 2.16. The van der Waals surface area contributed by atoms with E-state index in [-0.39, 0.29) is 0 Å². The maximum absolute atomic E-state index is 11.1. The van der Waals surface area contributed by atoms with E-state index in [1.807, 2.05) is 30.8 Å². The zero-order valence-electron chi connectivity index (χ0n) is 9.92. The second kappa shape index (κ2) is 4.45. The molecule has 0 spiro atoms. The monoisotopic (exact) mass is 233 g/mol. The summed E-state index contributed by atoms with van der Waals surface area (Å²) in [6, 6.07) is 3.47. The van der Waals surface area contributed by atoms with Crippen molar-refractivity contribution in [3.05, 3.63) is 30.2 Å². The van der Waals surface area contributed by atoms with Gasteiger partial charge in [0.1, 0.15) is 5.69 Å². The molecule has 0 aliphatic carbocycles. The Balaban J connectivity index is 2.50. The molecule has 2 heterocycles. The van der Waals surface area contributed by atoms with Crippen LogP contribution in [0.1, 0.15) is 23.8 Å². The number of hydrogen-bond donors (Lipinski definition) is 1. The minimum Gasteiger partial charge on any atom is -0.477 e. The number of aromatic nitrogens is 3. The van der Waals surface area contributed by atoms with Crippen LogP contribution in [0, 0.1) is 0 Å². The highest BCUT2D eigenvalue weighted by Crippen LogP contribution is 2.22. The molecular formula is C12H15N3O2. The topological polar surface area (TPSA) is 60.1 Å². The number of nitrogens with zero attached hydrogens (tertiary/aromatic N) is 3. The van der Waals surface area contributed by atoms with Crippen molar-refractivity contribution in [1.29, 1.82) is 0 Å². The molecule has 5 nitrogen and oxygen atoms in total. The molecule has 0 aliphatic heterocycles. The van der Waals surface area contributed by atoms with Crippen LogP contribution >= 0.6 is 0 Å². The fourth-order valence-corrected chi connectivity index (χ4v) is 1.92. The van der Waals surface area contributed by atoms with Gasteiger partial charge in [0.2, 0.25) is 0 Å². The SMILES string of the molecule is CCCn1c(C(=O)O)ccc1-c1cnn(C)c1. The van der Waals surface area contributed by atoms with Crippen molar-refractivity contribution in [2.45, 2.75) is 19.9 Å². The third-order valence-corrected chi connectivity index (χ3v) is 2.65. The van der Waals surface area contributed by atoms with E-state index >= 15 is 0 Å². The fourth-order valence-electron chi connectivity index (χ4n) is 1.92. The van der Waals surface area contributed by atoms with Gasteiger partial charge in [-0.25, -0.2) is 4.79 Å². The Morgan fingerprint density at radius 1 is 1.47 bits per heavy atom. The molecule has 5 heteroatoms. The first-order valence-electron chi connectivity index (χ1n) is 5.55. The van der Waals surface area contributed by atoms with Gasteiger partial charge in [-0.05, 0) is 18.6 Å². The van der Waals surface area contributed by atoms with E-state index in [4.69, 9.17) is 5.11 Å². The average molecular weight is 233 g/mol. The average Bonchev–Trinajstić information content (AvgIpc) is 2.85. The van der Waals surface area contributed by atoms with Crippen LogP contribution in [0.15, 0.2) is 24.5 Å². The van der Waals surface area contributed by atoms with Gasteiger partial charge in [0.05, 0.1) is 11.9 Å². The molecule has 0 unspecified atom stereocenters. The first-order chi connectivity index (χ1) is 8.13. The van der Waals surface area contributed by atoms with Gasteiger partial charge in [-0.1, -0.05) is 6.92 Å². The van der Waals surface area contributed by atoms with Gasteiger partial charge in [0.25, 0.3) is 0 Å². The van der Waals surface area contributed by atoms with Crippen LogP contribution in [0.25, 0.3) is 11.3 Å². The van der Waals surface area contributed by atoms with Crippen LogP contribution in [-0.2, 0) is 13.6 Å². The van der Waals surface area contributed by atoms with Crippen LogP contribution in [0.4, 0.5) is 0 Å². The number of rotatable bonds is 4. The molecule has 0 saturated heterocycles. The van der Waals surface area contributed by atoms with Gasteiger partial charge < -0.3 is 9.67 Å². The maximum atomic E-state index is 11.1. The van der Waals surface area contributed by atoms with Gasteiger partial charge >= 0.3 is 5.97 Å². The molecule has 0 saturated carbocycles. The lowest BCUT2D eigenvalue weighted by Gasteiger charge is -2.08. The molecule has 2 rings (SSSR count). The van der Waals surface area contributed by atoms with Gasteiger partial charge in [0.15, 0.2) is 0 Å². The zero-order valence-corrected chi connectivity index (χ0v) is 9.92. The summed E-state index contributed by atoms with van der Waals surface area (Å²) in [5.74, 6) is -0.895. The Kier molecular flexibility index (Phi) is 2.99. The lowest BCUT2D eigenvalue weighted by atomic mass is 10.2. The van der Waals surface area contributed by atoms with Crippen molar-refractivity contribution in [3.8, 4) is 11.3 Å². The molecular weight excluding hydrogens is 218 g/mol. The maximum Gasteiger partial charge on any atom is 0.352 e. The van der Waals surface area contributed by atoms with E-state index in [2.05, 4.69) is 5.10 Å². The van der Waals surface area contributed by atoms with E-state index in [9.17, 15) is 4.79 Å². The number of carboxylic acids is 1. The Morgan fingerprint density at radius 2 is 2.24 bits per heavy atom. The van der Waals surface area contributed by atoms with Crippen molar-refractivity contribution in [3.63, 3.8) is 0 Å². The van der Waals surface area contributed by atoms with Gasteiger partial charge in [-0.3, -0.25) is 4.68 Å². The van der Waals surface area contributed by atoms with Crippen molar-refractivity contribution in [1.82, 2.24) is 14.3 Å². The predicted octanol–water partition coefficient (Wildman–Crippen LogP) is 2.00. The van der Waals surface area contributed by atoms with Crippen molar-refractivity contribution in [2.24, 2.45) is 7.05 Å². The smallest absolute Gasteiger partial charge is 0.352 e. The summed E-state index contributed by atoms with van der Waals surface area (Å²) in [6.07, 6.45) is 4.52. The van der Waals surface area contributed by atoms with Crippen molar-refractivity contribution in [2.75, 3.05) is 0 Å². The third-order valence-electron chi connectivity index (χ3n) is 2.65. The first kappa shape index (κ1) is 11.4. The minimum absolute atomic E-state index is 0.325. The van der Waals surface area contributed by atoms with Gasteiger partial charge in [-0.15, -0.1) is 0 Å². The summed E-state index contributed by atoms with van der Waals surface area (Å²) in [7, 11) is 1.84. The lowest BCUT2D eigenvalue weighted by Crippen LogP contribution is -2.09. The largest absolute Gasteiger partial charge is 0.477 e. The predicted molar refractivity (Wildman–Crippen MR) is 63.9 cm³/mol. The molecule has 0 radical (unpaired) electrons. The van der Waals surface area contributed by atoms with Crippen LogP contribution in [0.2, 0.25) is 0 Å². The molecule has 90 valence electrons. The number of aromatic carboxylic acids is 1. The Labute approximate surface area is 99.3 Å². The fraction of sp³-hybridized carbons (Fsp3) is 0.333. The molecule has 0 bridgehead atoms. The summed E-state index contributed by atoms with van der Waals surface area (Å²) < 4.78 is 3.53. The summed E-state index contributed by atoms with van der Waals surface area (Å²) in [6.45, 7) is 2.72. The Hall–Kier alpha value is -2.04. The van der Waals surface area contributed by atoms with Crippen LogP contribution in [-0.4, -0.2) is 25.4 Å². The van der Waals surface area contributed by atoms with E-state index < -0.39 is 5.97 Å². The molecule has 1 N–H and O–H groups in total. The molecule has 0 fully saturated rings. The van der Waals surface area contributed by atoms with Gasteiger partial charge in [-0.2, -0.15) is 5.10 Å². The summed E-state index contributed by atoms with van der Waals surface area (Å²) in [4.78, 5) is 11.1. The molecule has 0 atom stereocenters. The normalized spacial score (nSPS) is 10.7. The Morgan fingerprint density at radius 3 is 2.76 bits per heavy atom. The molecule has 17 heavy (non-hydrogen) atoms. The van der Waals surface area contributed by atoms with Crippen LogP contribution in [0.5, 0.6) is 0 Å². The zero-order chi connectivity index (χ0) is 12.4. The third kappa shape index (κ3) is 2.08. The quantitative estimate of drug-likeness (QED) is 0.878. The van der Waals surface area contributed by atoms with Crippen LogP contribution < -0.4 is 0 Å². The van der Waals surface area contributed by atoms with E-state index in [0.717, 1.165) is 17.7 Å². The highest BCUT2D eigenvalue weighted by atomic mass is 16.4. The number of aryl methyl sites for hydroxylation is 1. The number of carbonyl (C=O) groups is 1. The molecule has 0 aromatic carbocycles. The number of carboxylic acid groups (broad SMARTS) is 1. The Bertz CT molecular complexity index is 540. The standard InChI is InChI=1S/C12H15N3O2/c1-3-6-15-10(4-5-11(15)12(16)17)9-7-13-14(2)8-9/h4-5,7-8H,3,6H2,1-2H3,(H,16,17). The minimum atomic E-state index is -0.895.